The fraction of sp³-hybridized carbons (Fsp3) is 0.375. The smallest absolute Gasteiger partial charge is 0.338 e. The lowest BCUT2D eigenvalue weighted by Gasteiger charge is -2.01. The van der Waals surface area contributed by atoms with Gasteiger partial charge in [0.05, 0.1) is 17.9 Å². The minimum atomic E-state index is -0.305. The maximum absolute atomic E-state index is 11.6. The number of hydrogen-bond donors (Lipinski definition) is 0. The number of aryl methyl sites for hydroxylation is 1. The van der Waals surface area contributed by atoms with Gasteiger partial charge < -0.3 is 9.26 Å². The Morgan fingerprint density at radius 1 is 1.25 bits per heavy atom. The van der Waals surface area contributed by atoms with Crippen molar-refractivity contribution in [2.45, 2.75) is 33.1 Å². The second-order valence-electron chi connectivity index (χ2n) is 4.58. The molecule has 2 aromatic rings. The SMILES string of the molecule is CCCCc1cc(-c2ccc(C(=O)OCC)cc2)on1. The Kier molecular flexibility index (Phi) is 4.93. The Hall–Kier alpha value is -2.10. The molecule has 2 rings (SSSR count). The predicted molar refractivity (Wildman–Crippen MR) is 76.5 cm³/mol. The topological polar surface area (TPSA) is 52.3 Å². The number of aromatic nitrogens is 1. The molecule has 0 amide bonds. The van der Waals surface area contributed by atoms with Crippen molar-refractivity contribution >= 4 is 5.97 Å². The standard InChI is InChI=1S/C16H19NO3/c1-3-5-6-14-11-15(20-17-14)12-7-9-13(10-8-12)16(18)19-4-2/h7-11H,3-6H2,1-2H3. The van der Waals surface area contributed by atoms with Gasteiger partial charge in [-0.25, -0.2) is 4.79 Å². The molecule has 4 heteroatoms. The van der Waals surface area contributed by atoms with Crippen LogP contribution in [0.4, 0.5) is 0 Å². The van der Waals surface area contributed by atoms with Crippen LogP contribution in [0.2, 0.25) is 0 Å². The quantitative estimate of drug-likeness (QED) is 0.750. The molecule has 20 heavy (non-hydrogen) atoms. The molecule has 1 aromatic heterocycles. The number of esters is 1. The molecule has 0 bridgehead atoms. The van der Waals surface area contributed by atoms with Crippen LogP contribution in [-0.2, 0) is 11.2 Å². The maximum atomic E-state index is 11.6. The summed E-state index contributed by atoms with van der Waals surface area (Å²) >= 11 is 0. The fourth-order valence-electron chi connectivity index (χ4n) is 1.91. The Balaban J connectivity index is 2.09. The van der Waals surface area contributed by atoms with Crippen molar-refractivity contribution in [1.82, 2.24) is 5.16 Å². The van der Waals surface area contributed by atoms with Crippen LogP contribution >= 0.6 is 0 Å². The van der Waals surface area contributed by atoms with E-state index >= 15 is 0 Å². The third kappa shape index (κ3) is 3.47. The lowest BCUT2D eigenvalue weighted by atomic mass is 10.1. The molecule has 0 saturated carbocycles. The second-order valence-corrected chi connectivity index (χ2v) is 4.58. The van der Waals surface area contributed by atoms with E-state index in [-0.39, 0.29) is 5.97 Å². The summed E-state index contributed by atoms with van der Waals surface area (Å²) in [7, 11) is 0. The molecular formula is C16H19NO3. The Morgan fingerprint density at radius 2 is 2.00 bits per heavy atom. The minimum Gasteiger partial charge on any atom is -0.462 e. The predicted octanol–water partition coefficient (Wildman–Crippen LogP) is 3.86. The van der Waals surface area contributed by atoms with E-state index < -0.39 is 0 Å². The van der Waals surface area contributed by atoms with E-state index in [2.05, 4.69) is 12.1 Å². The summed E-state index contributed by atoms with van der Waals surface area (Å²) in [5.74, 6) is 0.423. The monoisotopic (exact) mass is 273 g/mol. The zero-order valence-corrected chi connectivity index (χ0v) is 11.9. The molecule has 0 aliphatic heterocycles. The molecule has 1 heterocycles. The molecule has 1 aromatic carbocycles. The number of nitrogens with zero attached hydrogens (tertiary/aromatic N) is 1. The van der Waals surface area contributed by atoms with Gasteiger partial charge in [-0.3, -0.25) is 0 Å². The van der Waals surface area contributed by atoms with E-state index in [0.717, 1.165) is 36.3 Å². The van der Waals surface area contributed by atoms with Crippen LogP contribution in [0.25, 0.3) is 11.3 Å². The van der Waals surface area contributed by atoms with Gasteiger partial charge in [-0.15, -0.1) is 0 Å². The zero-order chi connectivity index (χ0) is 14.4. The van der Waals surface area contributed by atoms with E-state index in [9.17, 15) is 4.79 Å². The van der Waals surface area contributed by atoms with Crippen LogP contribution in [-0.4, -0.2) is 17.7 Å². The first kappa shape index (κ1) is 14.3. The van der Waals surface area contributed by atoms with Gasteiger partial charge in [0.1, 0.15) is 0 Å². The second kappa shape index (κ2) is 6.89. The number of carbonyl (C=O) groups excluding carboxylic acids is 1. The summed E-state index contributed by atoms with van der Waals surface area (Å²) in [4.78, 5) is 11.6. The Labute approximate surface area is 118 Å². The third-order valence-electron chi connectivity index (χ3n) is 3.03. The van der Waals surface area contributed by atoms with E-state index in [1.165, 1.54) is 0 Å². The highest BCUT2D eigenvalue weighted by Gasteiger charge is 2.09. The minimum absolute atomic E-state index is 0.305. The number of hydrogen-bond acceptors (Lipinski definition) is 4. The van der Waals surface area contributed by atoms with Crippen molar-refractivity contribution in [3.63, 3.8) is 0 Å². The molecule has 0 radical (unpaired) electrons. The van der Waals surface area contributed by atoms with E-state index in [4.69, 9.17) is 9.26 Å². The molecule has 0 fully saturated rings. The van der Waals surface area contributed by atoms with E-state index in [1.54, 1.807) is 19.1 Å². The first-order valence-corrected chi connectivity index (χ1v) is 6.97. The summed E-state index contributed by atoms with van der Waals surface area (Å²) in [5, 5.41) is 4.05. The van der Waals surface area contributed by atoms with Crippen molar-refractivity contribution in [3.05, 3.63) is 41.6 Å². The molecule has 4 nitrogen and oxygen atoms in total. The van der Waals surface area contributed by atoms with Crippen LogP contribution in [0.3, 0.4) is 0 Å². The van der Waals surface area contributed by atoms with Gasteiger partial charge in [-0.1, -0.05) is 30.6 Å². The number of carbonyl (C=O) groups is 1. The van der Waals surface area contributed by atoms with Crippen LogP contribution in [0.5, 0.6) is 0 Å². The van der Waals surface area contributed by atoms with Gasteiger partial charge in [0.25, 0.3) is 0 Å². The van der Waals surface area contributed by atoms with E-state index in [1.807, 2.05) is 18.2 Å². The molecule has 0 atom stereocenters. The van der Waals surface area contributed by atoms with Crippen molar-refractivity contribution in [2.24, 2.45) is 0 Å². The van der Waals surface area contributed by atoms with Crippen LogP contribution in [0.1, 0.15) is 42.7 Å². The van der Waals surface area contributed by atoms with Crippen molar-refractivity contribution < 1.29 is 14.1 Å². The van der Waals surface area contributed by atoms with Crippen molar-refractivity contribution in [2.75, 3.05) is 6.61 Å². The largest absolute Gasteiger partial charge is 0.462 e. The van der Waals surface area contributed by atoms with Gasteiger partial charge in [-0.2, -0.15) is 0 Å². The summed E-state index contributed by atoms with van der Waals surface area (Å²) in [6.07, 6.45) is 3.17. The average molecular weight is 273 g/mol. The average Bonchev–Trinajstić information content (AvgIpc) is 2.94. The molecule has 0 aliphatic rings. The molecular weight excluding hydrogens is 254 g/mol. The van der Waals surface area contributed by atoms with Gasteiger partial charge >= 0.3 is 5.97 Å². The molecule has 0 N–H and O–H groups in total. The third-order valence-corrected chi connectivity index (χ3v) is 3.03. The van der Waals surface area contributed by atoms with Gasteiger partial charge in [-0.05, 0) is 31.9 Å². The molecule has 0 unspecified atom stereocenters. The van der Waals surface area contributed by atoms with Gasteiger partial charge in [0.2, 0.25) is 0 Å². The lowest BCUT2D eigenvalue weighted by molar-refractivity contribution is 0.0526. The summed E-state index contributed by atoms with van der Waals surface area (Å²) in [5.41, 5.74) is 2.42. The fourth-order valence-corrected chi connectivity index (χ4v) is 1.91. The number of rotatable bonds is 6. The summed E-state index contributed by atoms with van der Waals surface area (Å²) in [6.45, 7) is 4.32. The summed E-state index contributed by atoms with van der Waals surface area (Å²) in [6, 6.07) is 9.12. The number of benzene rings is 1. The first-order chi connectivity index (χ1) is 9.74. The Morgan fingerprint density at radius 3 is 2.65 bits per heavy atom. The van der Waals surface area contributed by atoms with Crippen LogP contribution in [0.15, 0.2) is 34.9 Å². The zero-order valence-electron chi connectivity index (χ0n) is 11.9. The number of ether oxygens (including phenoxy) is 1. The molecule has 0 saturated heterocycles. The highest BCUT2D eigenvalue weighted by atomic mass is 16.5. The summed E-state index contributed by atoms with van der Waals surface area (Å²) < 4.78 is 10.3. The van der Waals surface area contributed by atoms with Crippen molar-refractivity contribution in [3.8, 4) is 11.3 Å². The Bertz CT molecular complexity index is 557. The normalized spacial score (nSPS) is 10.5. The first-order valence-electron chi connectivity index (χ1n) is 6.97. The van der Waals surface area contributed by atoms with Crippen molar-refractivity contribution in [1.29, 1.82) is 0 Å². The lowest BCUT2D eigenvalue weighted by Crippen LogP contribution is -2.03. The maximum Gasteiger partial charge on any atom is 0.338 e. The van der Waals surface area contributed by atoms with Gasteiger partial charge in [0.15, 0.2) is 5.76 Å². The highest BCUT2D eigenvalue weighted by Crippen LogP contribution is 2.21. The molecule has 0 spiro atoms. The molecule has 106 valence electrons. The number of unbranched alkanes of at least 4 members (excludes halogenated alkanes) is 1. The van der Waals surface area contributed by atoms with Gasteiger partial charge in [0, 0.05) is 11.6 Å². The van der Waals surface area contributed by atoms with Crippen LogP contribution in [0, 0.1) is 0 Å². The van der Waals surface area contributed by atoms with E-state index in [0.29, 0.717) is 12.2 Å². The molecule has 0 aliphatic carbocycles. The highest BCUT2D eigenvalue weighted by molar-refractivity contribution is 5.89. The van der Waals surface area contributed by atoms with Crippen LogP contribution < -0.4 is 0 Å².